The summed E-state index contributed by atoms with van der Waals surface area (Å²) >= 11 is 0. The highest BCUT2D eigenvalue weighted by molar-refractivity contribution is 5.82. The largest absolute Gasteiger partial charge is 0.464 e. The van der Waals surface area contributed by atoms with Crippen LogP contribution in [-0.4, -0.2) is 12.6 Å². The van der Waals surface area contributed by atoms with Crippen molar-refractivity contribution < 1.29 is 9.53 Å². The first kappa shape index (κ1) is 16.2. The molecule has 0 spiro atoms. The number of hydrogen-bond donors (Lipinski definition) is 1. The van der Waals surface area contributed by atoms with Gasteiger partial charge in [-0.2, -0.15) is 0 Å². The van der Waals surface area contributed by atoms with Crippen molar-refractivity contribution in [1.29, 1.82) is 0 Å². The van der Waals surface area contributed by atoms with Crippen LogP contribution in [0.4, 0.5) is 0 Å². The van der Waals surface area contributed by atoms with Gasteiger partial charge in [0.2, 0.25) is 0 Å². The van der Waals surface area contributed by atoms with Gasteiger partial charge in [-0.05, 0) is 24.5 Å². The molecule has 0 fully saturated rings. The molecule has 0 amide bonds. The average molecular weight is 297 g/mol. The second-order valence-corrected chi connectivity index (χ2v) is 5.18. The molecule has 3 nitrogen and oxygen atoms in total. The molecule has 1 N–H and O–H groups in total. The van der Waals surface area contributed by atoms with E-state index in [4.69, 9.17) is 4.74 Å². The third kappa shape index (κ3) is 3.55. The lowest BCUT2D eigenvalue weighted by atomic mass is 9.87. The van der Waals surface area contributed by atoms with Crippen molar-refractivity contribution in [1.82, 2.24) is 5.32 Å². The maximum atomic E-state index is 12.6. The highest BCUT2D eigenvalue weighted by Crippen LogP contribution is 2.27. The molecule has 0 radical (unpaired) electrons. The SMILES string of the molecule is CCOC(=O)C(CC)(NCc1ccccc1)c1ccccc1. The molecule has 3 heteroatoms. The van der Waals surface area contributed by atoms with Crippen LogP contribution in [0.25, 0.3) is 0 Å². The standard InChI is InChI=1S/C19H23NO2/c1-3-19(18(21)22-4-2,17-13-9-6-10-14-17)20-15-16-11-7-5-8-12-16/h5-14,20H,3-4,15H2,1-2H3. The summed E-state index contributed by atoms with van der Waals surface area (Å²) in [5.41, 5.74) is 1.26. The van der Waals surface area contributed by atoms with Crippen molar-refractivity contribution in [3.8, 4) is 0 Å². The summed E-state index contributed by atoms with van der Waals surface area (Å²) < 4.78 is 5.34. The number of rotatable bonds is 7. The summed E-state index contributed by atoms with van der Waals surface area (Å²) in [6.45, 7) is 4.82. The van der Waals surface area contributed by atoms with Gasteiger partial charge in [-0.15, -0.1) is 0 Å². The highest BCUT2D eigenvalue weighted by Gasteiger charge is 2.39. The Kier molecular flexibility index (Phi) is 5.73. The molecule has 2 aromatic carbocycles. The van der Waals surface area contributed by atoms with Crippen molar-refractivity contribution in [2.45, 2.75) is 32.4 Å². The van der Waals surface area contributed by atoms with Crippen molar-refractivity contribution >= 4 is 5.97 Å². The summed E-state index contributed by atoms with van der Waals surface area (Å²) in [4.78, 5) is 12.6. The molecule has 22 heavy (non-hydrogen) atoms. The number of nitrogens with one attached hydrogen (secondary N) is 1. The number of carbonyl (C=O) groups excluding carboxylic acids is 1. The van der Waals surface area contributed by atoms with E-state index in [0.717, 1.165) is 11.1 Å². The Morgan fingerprint density at radius 1 is 1.00 bits per heavy atom. The van der Waals surface area contributed by atoms with E-state index in [-0.39, 0.29) is 5.97 Å². The fraction of sp³-hybridized carbons (Fsp3) is 0.316. The van der Waals surface area contributed by atoms with Crippen LogP contribution in [0, 0.1) is 0 Å². The van der Waals surface area contributed by atoms with Crippen LogP contribution < -0.4 is 5.32 Å². The minimum atomic E-state index is -0.812. The predicted octanol–water partition coefficient (Wildman–Crippen LogP) is 3.64. The van der Waals surface area contributed by atoms with E-state index in [0.29, 0.717) is 19.6 Å². The maximum Gasteiger partial charge on any atom is 0.330 e. The quantitative estimate of drug-likeness (QED) is 0.793. The third-order valence-electron chi connectivity index (χ3n) is 3.86. The average Bonchev–Trinajstić information content (AvgIpc) is 2.58. The fourth-order valence-electron chi connectivity index (χ4n) is 2.59. The number of ether oxygens (including phenoxy) is 1. The molecule has 0 aliphatic heterocycles. The number of hydrogen-bond acceptors (Lipinski definition) is 3. The minimum absolute atomic E-state index is 0.223. The first-order chi connectivity index (χ1) is 10.7. The minimum Gasteiger partial charge on any atom is -0.464 e. The zero-order chi connectivity index (χ0) is 15.8. The molecule has 0 saturated heterocycles. The molecular formula is C19H23NO2. The molecule has 0 aromatic heterocycles. The number of carbonyl (C=O) groups is 1. The normalized spacial score (nSPS) is 13.4. The van der Waals surface area contributed by atoms with E-state index in [9.17, 15) is 4.79 Å². The van der Waals surface area contributed by atoms with Gasteiger partial charge < -0.3 is 4.74 Å². The second kappa shape index (κ2) is 7.76. The monoisotopic (exact) mass is 297 g/mol. The van der Waals surface area contributed by atoms with Crippen LogP contribution in [0.3, 0.4) is 0 Å². The number of esters is 1. The van der Waals surface area contributed by atoms with Gasteiger partial charge in [0.25, 0.3) is 0 Å². The first-order valence-corrected chi connectivity index (χ1v) is 7.74. The molecule has 1 atom stereocenters. The summed E-state index contributed by atoms with van der Waals surface area (Å²) in [7, 11) is 0. The lowest BCUT2D eigenvalue weighted by Crippen LogP contribution is -2.49. The zero-order valence-electron chi connectivity index (χ0n) is 13.2. The molecule has 0 heterocycles. The predicted molar refractivity (Wildman–Crippen MR) is 88.3 cm³/mol. The molecule has 2 rings (SSSR count). The Balaban J connectivity index is 2.30. The van der Waals surface area contributed by atoms with E-state index in [1.165, 1.54) is 0 Å². The van der Waals surface area contributed by atoms with Gasteiger partial charge in [-0.1, -0.05) is 67.6 Å². The van der Waals surface area contributed by atoms with Gasteiger partial charge in [0, 0.05) is 6.54 Å². The molecule has 0 aliphatic carbocycles. The van der Waals surface area contributed by atoms with Gasteiger partial charge in [-0.25, -0.2) is 4.79 Å². The fourth-order valence-corrected chi connectivity index (χ4v) is 2.59. The van der Waals surface area contributed by atoms with Crippen LogP contribution >= 0.6 is 0 Å². The first-order valence-electron chi connectivity index (χ1n) is 7.74. The van der Waals surface area contributed by atoms with Gasteiger partial charge in [0.05, 0.1) is 6.61 Å². The van der Waals surface area contributed by atoms with Crippen molar-refractivity contribution in [2.75, 3.05) is 6.61 Å². The van der Waals surface area contributed by atoms with E-state index in [2.05, 4.69) is 5.32 Å². The second-order valence-electron chi connectivity index (χ2n) is 5.18. The Morgan fingerprint density at radius 3 is 2.14 bits per heavy atom. The maximum absolute atomic E-state index is 12.6. The van der Waals surface area contributed by atoms with Crippen LogP contribution in [0.2, 0.25) is 0 Å². The molecule has 0 saturated carbocycles. The van der Waals surface area contributed by atoms with Gasteiger partial charge in [0.15, 0.2) is 0 Å². The Labute approximate surface area is 132 Å². The van der Waals surface area contributed by atoms with Crippen LogP contribution in [0.5, 0.6) is 0 Å². The zero-order valence-corrected chi connectivity index (χ0v) is 13.2. The number of benzene rings is 2. The van der Waals surface area contributed by atoms with Crippen molar-refractivity contribution in [2.24, 2.45) is 0 Å². The summed E-state index contributed by atoms with van der Waals surface area (Å²) in [5.74, 6) is -0.223. The molecule has 0 aliphatic rings. The molecular weight excluding hydrogens is 274 g/mol. The lowest BCUT2D eigenvalue weighted by molar-refractivity contribution is -0.152. The van der Waals surface area contributed by atoms with E-state index >= 15 is 0 Å². The van der Waals surface area contributed by atoms with Gasteiger partial charge >= 0.3 is 5.97 Å². The topological polar surface area (TPSA) is 38.3 Å². The lowest BCUT2D eigenvalue weighted by Gasteiger charge is -2.32. The summed E-state index contributed by atoms with van der Waals surface area (Å²) in [6, 6.07) is 19.9. The molecule has 1 unspecified atom stereocenters. The Morgan fingerprint density at radius 2 is 1.59 bits per heavy atom. The Bertz CT molecular complexity index is 583. The van der Waals surface area contributed by atoms with E-state index in [1.807, 2.05) is 74.5 Å². The van der Waals surface area contributed by atoms with Crippen LogP contribution in [0.1, 0.15) is 31.4 Å². The highest BCUT2D eigenvalue weighted by atomic mass is 16.5. The molecule has 0 bridgehead atoms. The van der Waals surface area contributed by atoms with Gasteiger partial charge in [0.1, 0.15) is 5.54 Å². The molecule has 2 aromatic rings. The smallest absolute Gasteiger partial charge is 0.330 e. The van der Waals surface area contributed by atoms with E-state index < -0.39 is 5.54 Å². The van der Waals surface area contributed by atoms with Gasteiger partial charge in [-0.3, -0.25) is 5.32 Å². The van der Waals surface area contributed by atoms with E-state index in [1.54, 1.807) is 0 Å². The Hall–Kier alpha value is -2.13. The summed E-state index contributed by atoms with van der Waals surface area (Å²) in [5, 5.41) is 3.43. The van der Waals surface area contributed by atoms with Crippen LogP contribution in [-0.2, 0) is 21.6 Å². The van der Waals surface area contributed by atoms with Crippen LogP contribution in [0.15, 0.2) is 60.7 Å². The van der Waals surface area contributed by atoms with Crippen molar-refractivity contribution in [3.63, 3.8) is 0 Å². The third-order valence-corrected chi connectivity index (χ3v) is 3.86. The molecule has 116 valence electrons. The summed E-state index contributed by atoms with van der Waals surface area (Å²) in [6.07, 6.45) is 0.628. The van der Waals surface area contributed by atoms with Crippen molar-refractivity contribution in [3.05, 3.63) is 71.8 Å².